The molecule has 0 saturated carbocycles. The highest BCUT2D eigenvalue weighted by atomic mass is 32.1. The molecule has 3 rings (SSSR count). The molecule has 0 fully saturated rings. The number of aromatic nitrogens is 5. The predicted molar refractivity (Wildman–Crippen MR) is 94.2 cm³/mol. The molecule has 24 heavy (non-hydrogen) atoms. The Hall–Kier alpha value is -1.87. The van der Waals surface area contributed by atoms with Crippen LogP contribution in [0.25, 0.3) is 4.96 Å². The fourth-order valence-corrected chi connectivity index (χ4v) is 4.02. The molecule has 3 aromatic heterocycles. The van der Waals surface area contributed by atoms with Gasteiger partial charge in [-0.25, -0.2) is 4.98 Å². The Bertz CT molecular complexity index is 807. The Morgan fingerprint density at radius 3 is 2.88 bits per heavy atom. The van der Waals surface area contributed by atoms with Crippen molar-refractivity contribution in [2.45, 2.75) is 46.1 Å². The van der Waals surface area contributed by atoms with Crippen LogP contribution in [-0.2, 0) is 11.2 Å². The van der Waals surface area contributed by atoms with Gasteiger partial charge in [0.25, 0.3) is 0 Å². The minimum atomic E-state index is -0.0162. The number of hydrogen-bond donors (Lipinski definition) is 1. The van der Waals surface area contributed by atoms with Crippen molar-refractivity contribution in [3.63, 3.8) is 0 Å². The number of nitrogens with one attached hydrogen (secondary N) is 1. The van der Waals surface area contributed by atoms with Crippen LogP contribution >= 0.6 is 22.7 Å². The van der Waals surface area contributed by atoms with Crippen LogP contribution in [0.5, 0.6) is 0 Å². The first-order valence-electron chi connectivity index (χ1n) is 7.89. The third-order valence-electron chi connectivity index (χ3n) is 3.55. The number of aryl methyl sites for hydroxylation is 2. The van der Waals surface area contributed by atoms with Crippen molar-refractivity contribution in [2.24, 2.45) is 5.92 Å². The average Bonchev–Trinajstić information content (AvgIpc) is 3.23. The van der Waals surface area contributed by atoms with Crippen LogP contribution in [0.1, 0.15) is 48.6 Å². The molecule has 128 valence electrons. The quantitative estimate of drug-likeness (QED) is 0.697. The van der Waals surface area contributed by atoms with Gasteiger partial charge in [-0.1, -0.05) is 25.2 Å². The highest BCUT2D eigenvalue weighted by Crippen LogP contribution is 2.23. The molecule has 1 amide bonds. The topological polar surface area (TPSA) is 85.1 Å². The first-order valence-corrected chi connectivity index (χ1v) is 9.59. The highest BCUT2D eigenvalue weighted by molar-refractivity contribution is 7.16. The largest absolute Gasteiger partial charge is 0.347 e. The van der Waals surface area contributed by atoms with E-state index in [1.807, 2.05) is 12.3 Å². The molecule has 0 bridgehead atoms. The fraction of sp³-hybridized carbons (Fsp3) is 0.533. The highest BCUT2D eigenvalue weighted by Gasteiger charge is 2.19. The molecule has 9 heteroatoms. The first-order chi connectivity index (χ1) is 11.5. The molecule has 0 aliphatic heterocycles. The molecule has 0 saturated heterocycles. The van der Waals surface area contributed by atoms with Crippen LogP contribution in [0.4, 0.5) is 0 Å². The molecule has 3 heterocycles. The van der Waals surface area contributed by atoms with E-state index in [0.717, 1.165) is 27.2 Å². The Morgan fingerprint density at radius 1 is 1.38 bits per heavy atom. The van der Waals surface area contributed by atoms with Crippen molar-refractivity contribution >= 4 is 33.5 Å². The summed E-state index contributed by atoms with van der Waals surface area (Å²) in [4.78, 5) is 17.4. The number of carbonyl (C=O) groups excluding carboxylic acids is 1. The summed E-state index contributed by atoms with van der Waals surface area (Å²) in [5.41, 5.74) is 0. The van der Waals surface area contributed by atoms with Gasteiger partial charge >= 0.3 is 0 Å². The normalized spacial score (nSPS) is 12.8. The molecule has 1 unspecified atom stereocenters. The third-order valence-corrected chi connectivity index (χ3v) is 5.39. The zero-order valence-electron chi connectivity index (χ0n) is 13.9. The minimum Gasteiger partial charge on any atom is -0.347 e. The van der Waals surface area contributed by atoms with E-state index in [9.17, 15) is 4.79 Å². The predicted octanol–water partition coefficient (Wildman–Crippen LogP) is 2.79. The zero-order valence-corrected chi connectivity index (χ0v) is 15.5. The molecular weight excluding hydrogens is 344 g/mol. The first kappa shape index (κ1) is 17.0. The summed E-state index contributed by atoms with van der Waals surface area (Å²) in [5.74, 6) is 1.28. The van der Waals surface area contributed by atoms with Crippen molar-refractivity contribution in [1.82, 2.24) is 30.1 Å². The molecule has 0 aromatic carbocycles. The van der Waals surface area contributed by atoms with Crippen molar-refractivity contribution < 1.29 is 4.79 Å². The van der Waals surface area contributed by atoms with E-state index in [0.29, 0.717) is 18.8 Å². The summed E-state index contributed by atoms with van der Waals surface area (Å²) in [6.07, 6.45) is 3.67. The van der Waals surface area contributed by atoms with Crippen LogP contribution in [0, 0.1) is 12.8 Å². The summed E-state index contributed by atoms with van der Waals surface area (Å²) in [5, 5.41) is 19.4. The number of rotatable bonds is 7. The lowest BCUT2D eigenvalue weighted by molar-refractivity contribution is -0.121. The van der Waals surface area contributed by atoms with E-state index in [4.69, 9.17) is 0 Å². The van der Waals surface area contributed by atoms with Gasteiger partial charge in [-0.05, 0) is 19.3 Å². The van der Waals surface area contributed by atoms with E-state index >= 15 is 0 Å². The van der Waals surface area contributed by atoms with E-state index < -0.39 is 0 Å². The molecule has 0 aliphatic rings. The van der Waals surface area contributed by atoms with E-state index in [-0.39, 0.29) is 11.9 Å². The summed E-state index contributed by atoms with van der Waals surface area (Å²) < 4.78 is 1.72. The number of hydrogen-bond acceptors (Lipinski definition) is 7. The second-order valence-corrected chi connectivity index (χ2v) is 8.02. The molecule has 7 nitrogen and oxygen atoms in total. The van der Waals surface area contributed by atoms with Gasteiger partial charge < -0.3 is 5.32 Å². The molecule has 0 aliphatic carbocycles. The number of thiazole rings is 1. The van der Waals surface area contributed by atoms with Crippen molar-refractivity contribution in [3.05, 3.63) is 27.4 Å². The van der Waals surface area contributed by atoms with Crippen LogP contribution in [-0.4, -0.2) is 30.7 Å². The summed E-state index contributed by atoms with van der Waals surface area (Å²) in [7, 11) is 0. The maximum Gasteiger partial charge on any atom is 0.234 e. The molecule has 0 radical (unpaired) electrons. The lowest BCUT2D eigenvalue weighted by Crippen LogP contribution is -2.29. The standard InChI is InChI=1S/C15H20N6OS2/c1-9(2)8-11(14-16-6-7-23-14)17-12(22)4-5-13-20-21-10(3)18-19-15(21)24-13/h6-7,9,11H,4-5,8H2,1-3H3,(H,17,22). The van der Waals surface area contributed by atoms with Crippen molar-refractivity contribution in [1.29, 1.82) is 0 Å². The number of amides is 1. The zero-order chi connectivity index (χ0) is 17.1. The van der Waals surface area contributed by atoms with E-state index in [2.05, 4.69) is 39.4 Å². The SMILES string of the molecule is Cc1nnc2sc(CCC(=O)NC(CC(C)C)c3nccs3)nn12. The molecular formula is C15H20N6OS2. The monoisotopic (exact) mass is 364 g/mol. The maximum atomic E-state index is 12.3. The Morgan fingerprint density at radius 2 is 2.21 bits per heavy atom. The van der Waals surface area contributed by atoms with Crippen LogP contribution in [0.2, 0.25) is 0 Å². The van der Waals surface area contributed by atoms with Crippen LogP contribution in [0.15, 0.2) is 11.6 Å². The van der Waals surface area contributed by atoms with Crippen LogP contribution < -0.4 is 5.32 Å². The number of nitrogens with zero attached hydrogens (tertiary/aromatic N) is 5. The van der Waals surface area contributed by atoms with E-state index in [1.165, 1.54) is 11.3 Å². The molecule has 3 aromatic rings. The molecule has 1 atom stereocenters. The van der Waals surface area contributed by atoms with Gasteiger partial charge in [0, 0.05) is 24.4 Å². The molecule has 0 spiro atoms. The van der Waals surface area contributed by atoms with E-state index in [1.54, 1.807) is 22.0 Å². The number of carbonyl (C=O) groups is 1. The number of fused-ring (bicyclic) bond motifs is 1. The Kier molecular flexibility index (Phi) is 5.20. The minimum absolute atomic E-state index is 0.0162. The Balaban J connectivity index is 1.59. The second-order valence-electron chi connectivity index (χ2n) is 6.06. The fourth-order valence-electron chi connectivity index (χ4n) is 2.44. The third kappa shape index (κ3) is 3.96. The lowest BCUT2D eigenvalue weighted by Gasteiger charge is -2.18. The smallest absolute Gasteiger partial charge is 0.234 e. The van der Waals surface area contributed by atoms with Gasteiger partial charge in [0.05, 0.1) is 6.04 Å². The van der Waals surface area contributed by atoms with Gasteiger partial charge in [0.15, 0.2) is 5.82 Å². The summed E-state index contributed by atoms with van der Waals surface area (Å²) in [6.45, 7) is 6.16. The Labute approximate surface area is 148 Å². The lowest BCUT2D eigenvalue weighted by atomic mass is 10.0. The molecule has 1 N–H and O–H groups in total. The second kappa shape index (κ2) is 7.35. The van der Waals surface area contributed by atoms with Gasteiger partial charge in [-0.3, -0.25) is 4.79 Å². The van der Waals surface area contributed by atoms with Gasteiger partial charge in [-0.2, -0.15) is 9.61 Å². The van der Waals surface area contributed by atoms with Crippen LogP contribution in [0.3, 0.4) is 0 Å². The maximum absolute atomic E-state index is 12.3. The summed E-state index contributed by atoms with van der Waals surface area (Å²) in [6, 6.07) is -0.0162. The summed E-state index contributed by atoms with van der Waals surface area (Å²) >= 11 is 3.06. The van der Waals surface area contributed by atoms with Gasteiger partial charge in [0.1, 0.15) is 10.0 Å². The average molecular weight is 365 g/mol. The van der Waals surface area contributed by atoms with Crippen molar-refractivity contribution in [2.75, 3.05) is 0 Å². The van der Waals surface area contributed by atoms with Crippen molar-refractivity contribution in [3.8, 4) is 0 Å². The van der Waals surface area contributed by atoms with Gasteiger partial charge in [0.2, 0.25) is 10.9 Å². The van der Waals surface area contributed by atoms with Gasteiger partial charge in [-0.15, -0.1) is 21.5 Å².